The van der Waals surface area contributed by atoms with Gasteiger partial charge >= 0.3 is 0 Å². The summed E-state index contributed by atoms with van der Waals surface area (Å²) in [5, 5.41) is 3.06. The molecule has 2 atom stereocenters. The first-order chi connectivity index (χ1) is 14.5. The van der Waals surface area contributed by atoms with E-state index < -0.39 is 6.04 Å². The molecule has 0 aliphatic heterocycles. The van der Waals surface area contributed by atoms with Crippen LogP contribution in [0.1, 0.15) is 45.6 Å². The summed E-state index contributed by atoms with van der Waals surface area (Å²) >= 11 is 1.67. The molecule has 0 saturated heterocycles. The van der Waals surface area contributed by atoms with Gasteiger partial charge in [-0.1, -0.05) is 62.4 Å². The second kappa shape index (κ2) is 13.1. The van der Waals surface area contributed by atoms with Crippen LogP contribution in [0, 0.1) is 0 Å². The topological polar surface area (TPSA) is 49.4 Å². The summed E-state index contributed by atoms with van der Waals surface area (Å²) in [6.07, 6.45) is 2.63. The third kappa shape index (κ3) is 7.86. The SMILES string of the molecule is CCC(C)NC(=O)C(CC)N(CCc1ccccc1)C(=O)CCSc1ccccc1. The molecule has 2 aromatic carbocycles. The van der Waals surface area contributed by atoms with E-state index >= 15 is 0 Å². The van der Waals surface area contributed by atoms with Gasteiger partial charge in [-0.05, 0) is 43.9 Å². The van der Waals surface area contributed by atoms with Crippen LogP contribution in [0.25, 0.3) is 0 Å². The number of carbonyl (C=O) groups is 2. The van der Waals surface area contributed by atoms with Crippen molar-refractivity contribution in [1.29, 1.82) is 0 Å². The molecule has 1 N–H and O–H groups in total. The Morgan fingerprint density at radius 3 is 2.20 bits per heavy atom. The normalized spacial score (nSPS) is 12.8. The molecule has 0 spiro atoms. The van der Waals surface area contributed by atoms with Crippen LogP contribution < -0.4 is 5.32 Å². The lowest BCUT2D eigenvalue weighted by molar-refractivity contribution is -0.140. The van der Waals surface area contributed by atoms with Gasteiger partial charge in [0.25, 0.3) is 0 Å². The number of rotatable bonds is 12. The van der Waals surface area contributed by atoms with Crippen molar-refractivity contribution in [2.75, 3.05) is 12.3 Å². The molecule has 4 nitrogen and oxygen atoms in total. The zero-order chi connectivity index (χ0) is 21.8. The Hall–Kier alpha value is -2.27. The number of benzene rings is 2. The highest BCUT2D eigenvalue weighted by molar-refractivity contribution is 7.99. The monoisotopic (exact) mass is 426 g/mol. The fourth-order valence-corrected chi connectivity index (χ4v) is 4.12. The molecule has 2 aromatic rings. The van der Waals surface area contributed by atoms with Crippen LogP contribution in [-0.2, 0) is 16.0 Å². The molecule has 0 fully saturated rings. The van der Waals surface area contributed by atoms with Gasteiger partial charge in [-0.25, -0.2) is 0 Å². The Labute approximate surface area is 185 Å². The van der Waals surface area contributed by atoms with E-state index in [0.717, 1.165) is 17.7 Å². The van der Waals surface area contributed by atoms with Gasteiger partial charge < -0.3 is 10.2 Å². The van der Waals surface area contributed by atoms with Crippen LogP contribution in [0.4, 0.5) is 0 Å². The summed E-state index contributed by atoms with van der Waals surface area (Å²) in [7, 11) is 0. The van der Waals surface area contributed by atoms with Gasteiger partial charge in [-0.15, -0.1) is 11.8 Å². The van der Waals surface area contributed by atoms with Gasteiger partial charge in [-0.3, -0.25) is 9.59 Å². The lowest BCUT2D eigenvalue weighted by atomic mass is 10.1. The number of hydrogen-bond donors (Lipinski definition) is 1. The highest BCUT2D eigenvalue weighted by atomic mass is 32.2. The largest absolute Gasteiger partial charge is 0.352 e. The average molecular weight is 427 g/mol. The van der Waals surface area contributed by atoms with E-state index in [4.69, 9.17) is 0 Å². The van der Waals surface area contributed by atoms with Crippen LogP contribution >= 0.6 is 11.8 Å². The summed E-state index contributed by atoms with van der Waals surface area (Å²) < 4.78 is 0. The molecule has 2 rings (SSSR count). The molecule has 30 heavy (non-hydrogen) atoms. The van der Waals surface area contributed by atoms with Crippen LogP contribution in [0.5, 0.6) is 0 Å². The van der Waals surface area contributed by atoms with E-state index in [-0.39, 0.29) is 17.9 Å². The van der Waals surface area contributed by atoms with Gasteiger partial charge in [0.1, 0.15) is 6.04 Å². The van der Waals surface area contributed by atoms with Crippen molar-refractivity contribution in [3.05, 3.63) is 66.2 Å². The molecule has 162 valence electrons. The maximum Gasteiger partial charge on any atom is 0.243 e. The lowest BCUT2D eigenvalue weighted by Crippen LogP contribution is -2.51. The second-order valence-electron chi connectivity index (χ2n) is 7.48. The van der Waals surface area contributed by atoms with E-state index in [2.05, 4.69) is 29.6 Å². The standard InChI is InChI=1S/C25H34N2O2S/c1-4-20(3)26-25(29)23(5-2)27(18-16-21-12-8-6-9-13-21)24(28)17-19-30-22-14-10-7-11-15-22/h6-15,20,23H,4-5,16-19H2,1-3H3,(H,26,29). The molecule has 0 radical (unpaired) electrons. The van der Waals surface area contributed by atoms with Crippen molar-refractivity contribution in [1.82, 2.24) is 10.2 Å². The van der Waals surface area contributed by atoms with Crippen molar-refractivity contribution in [2.45, 2.75) is 63.4 Å². The lowest BCUT2D eigenvalue weighted by Gasteiger charge is -2.31. The van der Waals surface area contributed by atoms with Crippen molar-refractivity contribution in [2.24, 2.45) is 0 Å². The predicted octanol–water partition coefficient (Wildman–Crippen LogP) is 4.93. The quantitative estimate of drug-likeness (QED) is 0.490. The van der Waals surface area contributed by atoms with Crippen molar-refractivity contribution in [3.63, 3.8) is 0 Å². The van der Waals surface area contributed by atoms with E-state index in [0.29, 0.717) is 25.1 Å². The number of carbonyl (C=O) groups excluding carboxylic acids is 2. The highest BCUT2D eigenvalue weighted by Crippen LogP contribution is 2.19. The summed E-state index contributed by atoms with van der Waals surface area (Å²) in [5.41, 5.74) is 1.17. The summed E-state index contributed by atoms with van der Waals surface area (Å²) in [6, 6.07) is 19.9. The fraction of sp³-hybridized carbons (Fsp3) is 0.440. The fourth-order valence-electron chi connectivity index (χ4n) is 3.25. The number of thioether (sulfide) groups is 1. The first-order valence-corrected chi connectivity index (χ1v) is 11.8. The third-order valence-electron chi connectivity index (χ3n) is 5.20. The van der Waals surface area contributed by atoms with Crippen LogP contribution in [0.2, 0.25) is 0 Å². The maximum atomic E-state index is 13.1. The Morgan fingerprint density at radius 1 is 0.967 bits per heavy atom. The minimum Gasteiger partial charge on any atom is -0.352 e. The predicted molar refractivity (Wildman–Crippen MR) is 126 cm³/mol. The number of hydrogen-bond acceptors (Lipinski definition) is 3. The van der Waals surface area contributed by atoms with Gasteiger partial charge in [0, 0.05) is 29.7 Å². The van der Waals surface area contributed by atoms with Gasteiger partial charge in [-0.2, -0.15) is 0 Å². The van der Waals surface area contributed by atoms with Crippen molar-refractivity contribution < 1.29 is 9.59 Å². The zero-order valence-corrected chi connectivity index (χ0v) is 19.2. The maximum absolute atomic E-state index is 13.1. The molecule has 2 amide bonds. The number of nitrogens with one attached hydrogen (secondary N) is 1. The highest BCUT2D eigenvalue weighted by Gasteiger charge is 2.28. The average Bonchev–Trinajstić information content (AvgIpc) is 2.77. The van der Waals surface area contributed by atoms with E-state index in [1.54, 1.807) is 16.7 Å². The first kappa shape index (κ1) is 24.0. The Morgan fingerprint density at radius 2 is 1.60 bits per heavy atom. The van der Waals surface area contributed by atoms with E-state index in [9.17, 15) is 9.59 Å². The minimum atomic E-state index is -0.433. The first-order valence-electron chi connectivity index (χ1n) is 10.9. The zero-order valence-electron chi connectivity index (χ0n) is 18.3. The summed E-state index contributed by atoms with van der Waals surface area (Å²) in [4.78, 5) is 29.0. The van der Waals surface area contributed by atoms with Crippen molar-refractivity contribution >= 4 is 23.6 Å². The molecule has 0 saturated carbocycles. The Balaban J connectivity index is 2.05. The molecule has 2 unspecified atom stereocenters. The number of nitrogens with zero attached hydrogens (tertiary/aromatic N) is 1. The van der Waals surface area contributed by atoms with E-state index in [1.807, 2.05) is 57.2 Å². The van der Waals surface area contributed by atoms with Crippen LogP contribution in [-0.4, -0.2) is 41.1 Å². The van der Waals surface area contributed by atoms with Crippen LogP contribution in [0.15, 0.2) is 65.6 Å². The van der Waals surface area contributed by atoms with Crippen molar-refractivity contribution in [3.8, 4) is 0 Å². The van der Waals surface area contributed by atoms with Gasteiger partial charge in [0.15, 0.2) is 0 Å². The molecule has 0 aromatic heterocycles. The minimum absolute atomic E-state index is 0.0421. The molecule has 0 bridgehead atoms. The second-order valence-corrected chi connectivity index (χ2v) is 8.64. The number of amides is 2. The molecule has 0 heterocycles. The Bertz CT molecular complexity index is 767. The third-order valence-corrected chi connectivity index (χ3v) is 6.21. The van der Waals surface area contributed by atoms with E-state index in [1.165, 1.54) is 5.56 Å². The molecular weight excluding hydrogens is 392 g/mol. The molecule has 0 aliphatic rings. The molecule has 5 heteroatoms. The Kier molecular flexibility index (Phi) is 10.5. The summed E-state index contributed by atoms with van der Waals surface area (Å²) in [6.45, 7) is 6.57. The van der Waals surface area contributed by atoms with Gasteiger partial charge in [0.05, 0.1) is 0 Å². The summed E-state index contributed by atoms with van der Waals surface area (Å²) in [5.74, 6) is 0.693. The molecule has 0 aliphatic carbocycles. The van der Waals surface area contributed by atoms with Crippen LogP contribution in [0.3, 0.4) is 0 Å². The smallest absolute Gasteiger partial charge is 0.243 e. The van der Waals surface area contributed by atoms with Gasteiger partial charge in [0.2, 0.25) is 11.8 Å². The molecular formula is C25H34N2O2S.